The lowest BCUT2D eigenvalue weighted by molar-refractivity contribution is 0.0604. The van der Waals surface area contributed by atoms with Crippen LogP contribution in [0.3, 0.4) is 0 Å². The van der Waals surface area contributed by atoms with Gasteiger partial charge in [0.2, 0.25) is 0 Å². The van der Waals surface area contributed by atoms with Crippen molar-refractivity contribution in [1.29, 1.82) is 0 Å². The summed E-state index contributed by atoms with van der Waals surface area (Å²) in [6, 6.07) is 3.22. The number of nitrogens with two attached hydrogens (primary N) is 1. The Labute approximate surface area is 112 Å². The number of aromatic nitrogens is 1. The first-order valence-electron chi connectivity index (χ1n) is 6.04. The molecular formula is C11H18N4O3S. The van der Waals surface area contributed by atoms with Crippen molar-refractivity contribution in [1.82, 2.24) is 9.29 Å². The molecule has 2 heterocycles. The zero-order valence-corrected chi connectivity index (χ0v) is 11.6. The van der Waals surface area contributed by atoms with Gasteiger partial charge in [-0.05, 0) is 25.0 Å². The van der Waals surface area contributed by atoms with Crippen LogP contribution < -0.4 is 11.3 Å². The zero-order chi connectivity index (χ0) is 13.9. The molecule has 19 heavy (non-hydrogen) atoms. The van der Waals surface area contributed by atoms with Gasteiger partial charge >= 0.3 is 0 Å². The SMILES string of the molecule is COC1CCN(S(=O)(=O)c2ncccc2NN)CC1. The van der Waals surface area contributed by atoms with E-state index in [1.807, 2.05) is 0 Å². The number of ether oxygens (including phenoxy) is 1. The summed E-state index contributed by atoms with van der Waals surface area (Å²) >= 11 is 0. The van der Waals surface area contributed by atoms with Gasteiger partial charge in [-0.2, -0.15) is 4.31 Å². The molecule has 1 aromatic heterocycles. The van der Waals surface area contributed by atoms with Crippen LogP contribution in [0.1, 0.15) is 12.8 Å². The van der Waals surface area contributed by atoms with E-state index in [1.165, 1.54) is 10.5 Å². The molecule has 106 valence electrons. The Morgan fingerprint density at radius 2 is 2.16 bits per heavy atom. The lowest BCUT2D eigenvalue weighted by Gasteiger charge is -2.30. The smallest absolute Gasteiger partial charge is 0.262 e. The molecule has 0 amide bonds. The number of nitrogen functional groups attached to an aromatic ring is 1. The molecule has 1 aromatic rings. The zero-order valence-electron chi connectivity index (χ0n) is 10.7. The summed E-state index contributed by atoms with van der Waals surface area (Å²) in [5.74, 6) is 5.33. The molecule has 0 aliphatic carbocycles. The summed E-state index contributed by atoms with van der Waals surface area (Å²) in [4.78, 5) is 3.93. The van der Waals surface area contributed by atoms with Gasteiger partial charge in [-0.15, -0.1) is 0 Å². The Balaban J connectivity index is 2.23. The fourth-order valence-electron chi connectivity index (χ4n) is 2.14. The van der Waals surface area contributed by atoms with Crippen LogP contribution in [0.4, 0.5) is 5.69 Å². The number of piperidine rings is 1. The average Bonchev–Trinajstić information content (AvgIpc) is 2.47. The highest BCUT2D eigenvalue weighted by atomic mass is 32.2. The van der Waals surface area contributed by atoms with Gasteiger partial charge in [0.15, 0.2) is 5.03 Å². The maximum Gasteiger partial charge on any atom is 0.262 e. The van der Waals surface area contributed by atoms with E-state index in [4.69, 9.17) is 10.6 Å². The summed E-state index contributed by atoms with van der Waals surface area (Å²) in [5.41, 5.74) is 2.67. The molecule has 0 spiro atoms. The third kappa shape index (κ3) is 2.86. The molecule has 1 aliphatic heterocycles. The van der Waals surface area contributed by atoms with Crippen LogP contribution in [0.15, 0.2) is 23.4 Å². The number of rotatable bonds is 4. The number of nitrogens with one attached hydrogen (secondary N) is 1. The first-order chi connectivity index (χ1) is 9.09. The first kappa shape index (κ1) is 14.2. The Hall–Kier alpha value is -1.22. The van der Waals surface area contributed by atoms with Gasteiger partial charge in [0.25, 0.3) is 10.0 Å². The molecule has 2 rings (SSSR count). The standard InChI is InChI=1S/C11H18N4O3S/c1-18-9-4-7-15(8-5-9)19(16,17)11-10(14-12)3-2-6-13-11/h2-3,6,9,14H,4-5,7-8,12H2,1H3. The third-order valence-electron chi connectivity index (χ3n) is 3.25. The summed E-state index contributed by atoms with van der Waals surface area (Å²) in [5, 5.41) is -0.0339. The Morgan fingerprint density at radius 1 is 1.47 bits per heavy atom. The first-order valence-corrected chi connectivity index (χ1v) is 7.48. The van der Waals surface area contributed by atoms with E-state index in [0.29, 0.717) is 31.6 Å². The van der Waals surface area contributed by atoms with E-state index in [0.717, 1.165) is 0 Å². The maximum atomic E-state index is 12.5. The van der Waals surface area contributed by atoms with Crippen LogP contribution in [0.5, 0.6) is 0 Å². The van der Waals surface area contributed by atoms with Crippen molar-refractivity contribution in [2.45, 2.75) is 24.0 Å². The minimum Gasteiger partial charge on any atom is -0.381 e. The van der Waals surface area contributed by atoms with Gasteiger partial charge in [0.1, 0.15) is 0 Å². The molecule has 1 saturated heterocycles. The van der Waals surface area contributed by atoms with Crippen LogP contribution in [0.25, 0.3) is 0 Å². The van der Waals surface area contributed by atoms with Crippen molar-refractivity contribution in [2.75, 3.05) is 25.6 Å². The van der Waals surface area contributed by atoms with Gasteiger partial charge in [-0.3, -0.25) is 5.84 Å². The number of methoxy groups -OCH3 is 1. The predicted molar refractivity (Wildman–Crippen MR) is 70.8 cm³/mol. The molecule has 0 aromatic carbocycles. The maximum absolute atomic E-state index is 12.5. The fourth-order valence-corrected chi connectivity index (χ4v) is 3.67. The van der Waals surface area contributed by atoms with E-state index in [-0.39, 0.29) is 11.1 Å². The van der Waals surface area contributed by atoms with Gasteiger partial charge in [0.05, 0.1) is 11.8 Å². The Kier molecular flexibility index (Phi) is 4.35. The lowest BCUT2D eigenvalue weighted by Crippen LogP contribution is -2.41. The quantitative estimate of drug-likeness (QED) is 0.605. The van der Waals surface area contributed by atoms with Gasteiger partial charge in [-0.1, -0.05) is 0 Å². The Morgan fingerprint density at radius 3 is 2.74 bits per heavy atom. The lowest BCUT2D eigenvalue weighted by atomic mass is 10.1. The normalized spacial score (nSPS) is 18.4. The minimum absolute atomic E-state index is 0.0339. The number of nitrogens with zero attached hydrogens (tertiary/aromatic N) is 2. The summed E-state index contributed by atoms with van der Waals surface area (Å²) in [6.07, 6.45) is 2.94. The number of pyridine rings is 1. The van der Waals surface area contributed by atoms with E-state index in [2.05, 4.69) is 10.4 Å². The molecule has 0 radical (unpaired) electrons. The van der Waals surface area contributed by atoms with Crippen molar-refractivity contribution in [3.8, 4) is 0 Å². The molecular weight excluding hydrogens is 268 g/mol. The summed E-state index contributed by atoms with van der Waals surface area (Å²) in [6.45, 7) is 0.864. The Bertz CT molecular complexity index is 526. The van der Waals surface area contributed by atoms with Gasteiger partial charge in [-0.25, -0.2) is 13.4 Å². The minimum atomic E-state index is -3.61. The molecule has 1 fully saturated rings. The van der Waals surface area contributed by atoms with Crippen LogP contribution in [0.2, 0.25) is 0 Å². The van der Waals surface area contributed by atoms with Crippen molar-refractivity contribution in [3.63, 3.8) is 0 Å². The highest BCUT2D eigenvalue weighted by Gasteiger charge is 2.31. The van der Waals surface area contributed by atoms with Crippen molar-refractivity contribution < 1.29 is 13.2 Å². The second-order valence-corrected chi connectivity index (χ2v) is 6.19. The molecule has 8 heteroatoms. The molecule has 3 N–H and O–H groups in total. The molecule has 1 aliphatic rings. The monoisotopic (exact) mass is 286 g/mol. The van der Waals surface area contributed by atoms with E-state index >= 15 is 0 Å². The van der Waals surface area contributed by atoms with E-state index < -0.39 is 10.0 Å². The average molecular weight is 286 g/mol. The highest BCUT2D eigenvalue weighted by molar-refractivity contribution is 7.89. The predicted octanol–water partition coefficient (Wildman–Crippen LogP) is 0.167. The summed E-state index contributed by atoms with van der Waals surface area (Å²) in [7, 11) is -1.97. The van der Waals surface area contributed by atoms with Gasteiger partial charge in [0, 0.05) is 26.4 Å². The van der Waals surface area contributed by atoms with Crippen molar-refractivity contribution in [3.05, 3.63) is 18.3 Å². The van der Waals surface area contributed by atoms with E-state index in [1.54, 1.807) is 19.2 Å². The second kappa shape index (κ2) is 5.83. The molecule has 0 bridgehead atoms. The van der Waals surface area contributed by atoms with E-state index in [9.17, 15) is 8.42 Å². The number of anilines is 1. The van der Waals surface area contributed by atoms with Gasteiger partial charge < -0.3 is 10.2 Å². The largest absolute Gasteiger partial charge is 0.381 e. The number of hydrazine groups is 1. The second-order valence-electron chi connectivity index (χ2n) is 4.34. The molecule has 7 nitrogen and oxygen atoms in total. The topological polar surface area (TPSA) is 97.5 Å². The molecule has 0 unspecified atom stereocenters. The number of hydrogen-bond donors (Lipinski definition) is 2. The fraction of sp³-hybridized carbons (Fsp3) is 0.545. The molecule has 0 atom stereocenters. The van der Waals surface area contributed by atoms with Crippen molar-refractivity contribution in [2.24, 2.45) is 5.84 Å². The van der Waals surface area contributed by atoms with Crippen LogP contribution in [-0.4, -0.2) is 44.0 Å². The third-order valence-corrected chi connectivity index (χ3v) is 5.10. The van der Waals surface area contributed by atoms with Crippen LogP contribution in [0, 0.1) is 0 Å². The van der Waals surface area contributed by atoms with Crippen molar-refractivity contribution >= 4 is 15.7 Å². The van der Waals surface area contributed by atoms with Crippen LogP contribution >= 0.6 is 0 Å². The molecule has 0 saturated carbocycles. The number of hydrogen-bond acceptors (Lipinski definition) is 6. The highest BCUT2D eigenvalue weighted by Crippen LogP contribution is 2.24. The number of sulfonamides is 1. The van der Waals surface area contributed by atoms with Crippen LogP contribution in [-0.2, 0) is 14.8 Å². The summed E-state index contributed by atoms with van der Waals surface area (Å²) < 4.78 is 31.6.